The Kier molecular flexibility index (Phi) is 6.27. The zero-order valence-electron chi connectivity index (χ0n) is 16.4. The van der Waals surface area contributed by atoms with Gasteiger partial charge in [-0.25, -0.2) is 4.98 Å². The van der Waals surface area contributed by atoms with Gasteiger partial charge in [0, 0.05) is 30.5 Å². The van der Waals surface area contributed by atoms with Crippen molar-refractivity contribution in [3.63, 3.8) is 0 Å². The molecule has 0 saturated carbocycles. The Labute approximate surface area is 161 Å². The van der Waals surface area contributed by atoms with Crippen molar-refractivity contribution in [2.24, 2.45) is 5.92 Å². The van der Waals surface area contributed by atoms with Gasteiger partial charge in [0.05, 0.1) is 0 Å². The highest BCUT2D eigenvalue weighted by Crippen LogP contribution is 2.22. The molecule has 1 aliphatic heterocycles. The second-order valence-electron chi connectivity index (χ2n) is 7.21. The topological polar surface area (TPSA) is 67.3 Å². The summed E-state index contributed by atoms with van der Waals surface area (Å²) < 4.78 is 5.64. The molecule has 27 heavy (non-hydrogen) atoms. The van der Waals surface area contributed by atoms with E-state index in [1.807, 2.05) is 31.2 Å². The van der Waals surface area contributed by atoms with Crippen LogP contribution in [-0.2, 0) is 11.2 Å². The summed E-state index contributed by atoms with van der Waals surface area (Å²) >= 11 is 0. The molecule has 1 saturated heterocycles. The lowest BCUT2D eigenvalue weighted by Gasteiger charge is -2.30. The maximum atomic E-state index is 12.2. The van der Waals surface area contributed by atoms with Crippen LogP contribution in [0.4, 0.5) is 11.6 Å². The van der Waals surface area contributed by atoms with Gasteiger partial charge in [0.1, 0.15) is 0 Å². The minimum Gasteiger partial charge on any atom is -0.467 e. The van der Waals surface area contributed by atoms with E-state index in [2.05, 4.69) is 34.0 Å². The van der Waals surface area contributed by atoms with Gasteiger partial charge in [0.15, 0.2) is 6.61 Å². The molecule has 1 N–H and O–H groups in total. The number of carbonyl (C=O) groups excluding carboxylic acids is 1. The zero-order valence-corrected chi connectivity index (χ0v) is 16.4. The van der Waals surface area contributed by atoms with E-state index in [1.54, 1.807) is 6.07 Å². The van der Waals surface area contributed by atoms with E-state index in [0.29, 0.717) is 11.8 Å². The molecule has 0 aliphatic carbocycles. The SMILES string of the molecule is CCc1cccc(NC(=O)COc2cc(C)nc(N3CCC(C)CC3)n2)c1. The number of nitrogens with one attached hydrogen (secondary N) is 1. The third kappa shape index (κ3) is 5.42. The number of carbonyl (C=O) groups is 1. The fourth-order valence-corrected chi connectivity index (χ4v) is 3.15. The van der Waals surface area contributed by atoms with E-state index in [1.165, 1.54) is 5.56 Å². The summed E-state index contributed by atoms with van der Waals surface area (Å²) in [7, 11) is 0. The van der Waals surface area contributed by atoms with E-state index >= 15 is 0 Å². The van der Waals surface area contributed by atoms with Crippen LogP contribution < -0.4 is 15.0 Å². The molecule has 1 aliphatic rings. The lowest BCUT2D eigenvalue weighted by Crippen LogP contribution is -2.34. The maximum absolute atomic E-state index is 12.2. The van der Waals surface area contributed by atoms with Crippen LogP contribution >= 0.6 is 0 Å². The van der Waals surface area contributed by atoms with E-state index in [0.717, 1.165) is 49.7 Å². The average Bonchev–Trinajstić information content (AvgIpc) is 2.67. The van der Waals surface area contributed by atoms with Crippen LogP contribution in [0.3, 0.4) is 0 Å². The van der Waals surface area contributed by atoms with Crippen LogP contribution in [0.2, 0.25) is 0 Å². The monoisotopic (exact) mass is 368 g/mol. The van der Waals surface area contributed by atoms with Crippen molar-refractivity contribution >= 4 is 17.5 Å². The highest BCUT2D eigenvalue weighted by atomic mass is 16.5. The molecule has 2 heterocycles. The molecule has 3 rings (SSSR count). The second kappa shape index (κ2) is 8.84. The van der Waals surface area contributed by atoms with Crippen molar-refractivity contribution in [3.8, 4) is 5.88 Å². The number of nitrogens with zero attached hydrogens (tertiary/aromatic N) is 3. The zero-order chi connectivity index (χ0) is 19.2. The first-order valence-electron chi connectivity index (χ1n) is 9.65. The first kappa shape index (κ1) is 19.1. The van der Waals surface area contributed by atoms with E-state index in [-0.39, 0.29) is 12.5 Å². The van der Waals surface area contributed by atoms with Crippen LogP contribution in [0.5, 0.6) is 5.88 Å². The van der Waals surface area contributed by atoms with E-state index in [4.69, 9.17) is 4.74 Å². The van der Waals surface area contributed by atoms with Gasteiger partial charge >= 0.3 is 0 Å². The standard InChI is InChI=1S/C21H28N4O2/c1-4-17-6-5-7-18(13-17)23-19(26)14-27-20-12-16(3)22-21(24-20)25-10-8-15(2)9-11-25/h5-7,12-13,15H,4,8-11,14H2,1-3H3,(H,23,26). The number of rotatable bonds is 6. The van der Waals surface area contributed by atoms with E-state index < -0.39 is 0 Å². The molecule has 0 bridgehead atoms. The summed E-state index contributed by atoms with van der Waals surface area (Å²) in [6.07, 6.45) is 3.22. The summed E-state index contributed by atoms with van der Waals surface area (Å²) in [6, 6.07) is 9.60. The number of aryl methyl sites for hydroxylation is 2. The Morgan fingerprint density at radius 2 is 2.04 bits per heavy atom. The molecule has 0 unspecified atom stereocenters. The Balaban J connectivity index is 1.59. The normalized spacial score (nSPS) is 14.9. The summed E-state index contributed by atoms with van der Waals surface area (Å²) in [5, 5.41) is 2.87. The van der Waals surface area contributed by atoms with Crippen LogP contribution in [0.15, 0.2) is 30.3 Å². The quantitative estimate of drug-likeness (QED) is 0.844. The van der Waals surface area contributed by atoms with Gasteiger partial charge < -0.3 is 15.0 Å². The van der Waals surface area contributed by atoms with Crippen molar-refractivity contribution in [1.29, 1.82) is 0 Å². The van der Waals surface area contributed by atoms with Crippen molar-refractivity contribution in [3.05, 3.63) is 41.6 Å². The summed E-state index contributed by atoms with van der Waals surface area (Å²) in [4.78, 5) is 23.4. The molecule has 2 aromatic rings. The molecule has 1 aromatic carbocycles. The van der Waals surface area contributed by atoms with Gasteiger partial charge in [0.25, 0.3) is 5.91 Å². The Morgan fingerprint density at radius 1 is 1.26 bits per heavy atom. The van der Waals surface area contributed by atoms with Crippen LogP contribution in [0, 0.1) is 12.8 Å². The third-order valence-electron chi connectivity index (χ3n) is 4.86. The van der Waals surface area contributed by atoms with Crippen LogP contribution in [0.1, 0.15) is 37.9 Å². The highest BCUT2D eigenvalue weighted by molar-refractivity contribution is 5.91. The van der Waals surface area contributed by atoms with Crippen molar-refractivity contribution in [2.45, 2.75) is 40.0 Å². The number of benzene rings is 1. The van der Waals surface area contributed by atoms with Gasteiger partial charge in [-0.05, 0) is 49.8 Å². The lowest BCUT2D eigenvalue weighted by molar-refractivity contribution is -0.118. The Morgan fingerprint density at radius 3 is 2.78 bits per heavy atom. The molecule has 0 radical (unpaired) electrons. The third-order valence-corrected chi connectivity index (χ3v) is 4.86. The summed E-state index contributed by atoms with van der Waals surface area (Å²) in [6.45, 7) is 8.11. The second-order valence-corrected chi connectivity index (χ2v) is 7.21. The fraction of sp³-hybridized carbons (Fsp3) is 0.476. The van der Waals surface area contributed by atoms with Gasteiger partial charge in [-0.2, -0.15) is 4.98 Å². The first-order chi connectivity index (χ1) is 13.0. The van der Waals surface area contributed by atoms with Crippen molar-refractivity contribution < 1.29 is 9.53 Å². The molecular weight excluding hydrogens is 340 g/mol. The summed E-state index contributed by atoms with van der Waals surface area (Å²) in [5.74, 6) is 1.67. The molecule has 6 heteroatoms. The number of anilines is 2. The largest absolute Gasteiger partial charge is 0.467 e. The molecule has 1 aromatic heterocycles. The highest BCUT2D eigenvalue weighted by Gasteiger charge is 2.19. The molecule has 144 valence electrons. The number of ether oxygens (including phenoxy) is 1. The summed E-state index contributed by atoms with van der Waals surface area (Å²) in [5.41, 5.74) is 2.80. The lowest BCUT2D eigenvalue weighted by atomic mass is 10.00. The predicted molar refractivity (Wildman–Crippen MR) is 107 cm³/mol. The fourth-order valence-electron chi connectivity index (χ4n) is 3.15. The number of hydrogen-bond acceptors (Lipinski definition) is 5. The Bertz CT molecular complexity index is 786. The predicted octanol–water partition coefficient (Wildman–Crippen LogP) is 3.60. The van der Waals surface area contributed by atoms with Gasteiger partial charge in [-0.15, -0.1) is 0 Å². The van der Waals surface area contributed by atoms with Gasteiger partial charge in [0.2, 0.25) is 11.8 Å². The molecule has 1 amide bonds. The number of hydrogen-bond donors (Lipinski definition) is 1. The molecule has 1 fully saturated rings. The van der Waals surface area contributed by atoms with Crippen LogP contribution in [0.25, 0.3) is 0 Å². The first-order valence-corrected chi connectivity index (χ1v) is 9.65. The minimum absolute atomic E-state index is 0.0801. The van der Waals surface area contributed by atoms with Gasteiger partial charge in [-0.1, -0.05) is 26.0 Å². The van der Waals surface area contributed by atoms with E-state index in [9.17, 15) is 4.79 Å². The average molecular weight is 368 g/mol. The Hall–Kier alpha value is -2.63. The number of amides is 1. The number of aromatic nitrogens is 2. The molecule has 0 spiro atoms. The molecule has 6 nitrogen and oxygen atoms in total. The molecule has 0 atom stereocenters. The van der Waals surface area contributed by atoms with Crippen LogP contribution in [-0.4, -0.2) is 35.6 Å². The van der Waals surface area contributed by atoms with Crippen molar-refractivity contribution in [1.82, 2.24) is 9.97 Å². The number of piperidine rings is 1. The maximum Gasteiger partial charge on any atom is 0.262 e. The smallest absolute Gasteiger partial charge is 0.262 e. The van der Waals surface area contributed by atoms with Gasteiger partial charge in [-0.3, -0.25) is 4.79 Å². The molecular formula is C21H28N4O2. The minimum atomic E-state index is -0.201. The van der Waals surface area contributed by atoms with Crippen molar-refractivity contribution in [2.75, 3.05) is 29.9 Å².